The van der Waals surface area contributed by atoms with Crippen molar-refractivity contribution in [2.45, 2.75) is 31.6 Å². The quantitative estimate of drug-likeness (QED) is 0.760. The molecule has 1 aliphatic rings. The van der Waals surface area contributed by atoms with E-state index in [1.165, 1.54) is 15.3 Å². The van der Waals surface area contributed by atoms with Gasteiger partial charge in [-0.1, -0.05) is 13.8 Å². The molecule has 1 heterocycles. The Morgan fingerprint density at radius 2 is 1.71 bits per heavy atom. The highest BCUT2D eigenvalue weighted by molar-refractivity contribution is 7.89. The lowest BCUT2D eigenvalue weighted by molar-refractivity contribution is 0.0984. The predicted molar refractivity (Wildman–Crippen MR) is 103 cm³/mol. The molecule has 1 aliphatic heterocycles. The van der Waals surface area contributed by atoms with E-state index in [9.17, 15) is 22.0 Å². The third kappa shape index (κ3) is 3.79. The molecule has 0 unspecified atom stereocenters. The van der Waals surface area contributed by atoms with Crippen molar-refractivity contribution in [3.8, 4) is 0 Å². The first-order valence-corrected chi connectivity index (χ1v) is 10.6. The number of hydrogen-bond donors (Lipinski definition) is 0. The maximum Gasteiger partial charge on any atom is 0.258 e. The minimum atomic E-state index is -3.61. The van der Waals surface area contributed by atoms with Gasteiger partial charge in [-0.25, -0.2) is 17.2 Å². The van der Waals surface area contributed by atoms with Crippen molar-refractivity contribution in [3.63, 3.8) is 0 Å². The van der Waals surface area contributed by atoms with Gasteiger partial charge in [-0.15, -0.1) is 0 Å². The first kappa shape index (κ1) is 20.4. The molecule has 0 saturated heterocycles. The predicted octanol–water partition coefficient (Wildman–Crippen LogP) is 3.59. The van der Waals surface area contributed by atoms with Gasteiger partial charge < -0.3 is 4.90 Å². The van der Waals surface area contributed by atoms with Crippen LogP contribution in [0.3, 0.4) is 0 Å². The van der Waals surface area contributed by atoms with Gasteiger partial charge in [-0.2, -0.15) is 4.31 Å². The minimum Gasteiger partial charge on any atom is -0.308 e. The lowest BCUT2D eigenvalue weighted by atomic mass is 10.0. The number of carbonyl (C=O) groups is 1. The summed E-state index contributed by atoms with van der Waals surface area (Å²) in [5, 5.41) is 0. The molecule has 150 valence electrons. The van der Waals surface area contributed by atoms with E-state index in [2.05, 4.69) is 0 Å². The van der Waals surface area contributed by atoms with E-state index in [4.69, 9.17) is 0 Å². The number of hydrogen-bond acceptors (Lipinski definition) is 3. The summed E-state index contributed by atoms with van der Waals surface area (Å²) in [6.45, 7) is 4.68. The van der Waals surface area contributed by atoms with Crippen LogP contribution in [0.1, 0.15) is 36.2 Å². The average Bonchev–Trinajstić information content (AvgIpc) is 2.66. The molecule has 0 N–H and O–H groups in total. The van der Waals surface area contributed by atoms with Crippen LogP contribution in [0.2, 0.25) is 0 Å². The Kier molecular flexibility index (Phi) is 5.81. The number of anilines is 1. The molecular formula is C20H22F2N2O3S. The van der Waals surface area contributed by atoms with Crippen molar-refractivity contribution < 1.29 is 22.0 Å². The number of nitrogens with zero attached hydrogens (tertiary/aromatic N) is 2. The maximum absolute atomic E-state index is 13.5. The Hall–Kier alpha value is -2.32. The summed E-state index contributed by atoms with van der Waals surface area (Å²) in [4.78, 5) is 14.4. The minimum absolute atomic E-state index is 0.0785. The first-order chi connectivity index (χ1) is 13.3. The number of amides is 1. The molecule has 0 saturated carbocycles. The largest absolute Gasteiger partial charge is 0.308 e. The van der Waals surface area contributed by atoms with Gasteiger partial charge >= 0.3 is 0 Å². The molecule has 0 fully saturated rings. The number of fused-ring (bicyclic) bond motifs is 1. The van der Waals surface area contributed by atoms with Crippen LogP contribution in [0, 0.1) is 11.6 Å². The maximum atomic E-state index is 13.5. The molecule has 0 bridgehead atoms. The Morgan fingerprint density at radius 3 is 2.32 bits per heavy atom. The Morgan fingerprint density at radius 1 is 1.07 bits per heavy atom. The number of benzene rings is 2. The van der Waals surface area contributed by atoms with Crippen LogP contribution in [0.25, 0.3) is 0 Å². The molecule has 1 amide bonds. The van der Waals surface area contributed by atoms with Gasteiger partial charge in [-0.3, -0.25) is 4.79 Å². The summed E-state index contributed by atoms with van der Waals surface area (Å²) in [5.41, 5.74) is 1.22. The second-order valence-electron chi connectivity index (χ2n) is 6.60. The smallest absolute Gasteiger partial charge is 0.258 e. The van der Waals surface area contributed by atoms with Crippen molar-refractivity contribution in [2.75, 3.05) is 24.5 Å². The van der Waals surface area contributed by atoms with E-state index < -0.39 is 27.6 Å². The normalized spacial score (nSPS) is 14.2. The fraction of sp³-hybridized carbons (Fsp3) is 0.350. The fourth-order valence-electron chi connectivity index (χ4n) is 3.49. The topological polar surface area (TPSA) is 57.7 Å². The molecule has 0 radical (unpaired) electrons. The highest BCUT2D eigenvalue weighted by Crippen LogP contribution is 2.31. The monoisotopic (exact) mass is 408 g/mol. The fourth-order valence-corrected chi connectivity index (χ4v) is 5.00. The standard InChI is InChI=1S/C20H22F2N2O3S/c1-3-23(4-2)28(26,27)18-7-8-19-14(12-18)6-5-9-24(19)20(25)15-10-16(21)13-17(22)11-15/h7-8,10-13H,3-6,9H2,1-2H3. The lowest BCUT2D eigenvalue weighted by Gasteiger charge is -2.30. The number of rotatable bonds is 5. The Balaban J connectivity index is 1.98. The van der Waals surface area contributed by atoms with Crippen molar-refractivity contribution in [1.82, 2.24) is 4.31 Å². The second kappa shape index (κ2) is 7.97. The summed E-state index contributed by atoms with van der Waals surface area (Å²) in [5.74, 6) is -2.15. The lowest BCUT2D eigenvalue weighted by Crippen LogP contribution is -2.36. The molecule has 5 nitrogen and oxygen atoms in total. The van der Waals surface area contributed by atoms with Crippen molar-refractivity contribution in [1.29, 1.82) is 0 Å². The summed E-state index contributed by atoms with van der Waals surface area (Å²) in [6, 6.07) is 7.38. The van der Waals surface area contributed by atoms with Crippen LogP contribution in [0.4, 0.5) is 14.5 Å². The van der Waals surface area contributed by atoms with Gasteiger partial charge in [-0.05, 0) is 48.7 Å². The van der Waals surface area contributed by atoms with Crippen molar-refractivity contribution >= 4 is 21.6 Å². The van der Waals surface area contributed by atoms with Gasteiger partial charge in [0.05, 0.1) is 4.90 Å². The number of sulfonamides is 1. The molecule has 0 aliphatic carbocycles. The molecular weight excluding hydrogens is 386 g/mol. The molecule has 0 atom stereocenters. The van der Waals surface area contributed by atoms with Crippen LogP contribution in [-0.4, -0.2) is 38.3 Å². The molecule has 2 aromatic rings. The van der Waals surface area contributed by atoms with Crippen LogP contribution < -0.4 is 4.90 Å². The van der Waals surface area contributed by atoms with E-state index in [-0.39, 0.29) is 10.5 Å². The van der Waals surface area contributed by atoms with Gasteiger partial charge in [0.25, 0.3) is 5.91 Å². The van der Waals surface area contributed by atoms with E-state index in [1.807, 2.05) is 0 Å². The first-order valence-electron chi connectivity index (χ1n) is 9.19. The van der Waals surface area contributed by atoms with Crippen LogP contribution in [0.15, 0.2) is 41.3 Å². The molecule has 3 rings (SSSR count). The number of aryl methyl sites for hydroxylation is 1. The highest BCUT2D eigenvalue weighted by Gasteiger charge is 2.28. The highest BCUT2D eigenvalue weighted by atomic mass is 32.2. The summed E-state index contributed by atoms with van der Waals surface area (Å²) < 4.78 is 53.9. The van der Waals surface area contributed by atoms with Crippen molar-refractivity contribution in [3.05, 3.63) is 59.2 Å². The van der Waals surface area contributed by atoms with Gasteiger partial charge in [0, 0.05) is 37.0 Å². The zero-order valence-corrected chi connectivity index (χ0v) is 16.6. The van der Waals surface area contributed by atoms with E-state index in [0.717, 1.165) is 17.7 Å². The number of carbonyl (C=O) groups excluding carboxylic acids is 1. The number of halogens is 2. The van der Waals surface area contributed by atoms with Crippen LogP contribution >= 0.6 is 0 Å². The summed E-state index contributed by atoms with van der Waals surface area (Å²) in [7, 11) is -3.61. The van der Waals surface area contributed by atoms with E-state index in [0.29, 0.717) is 44.2 Å². The zero-order chi connectivity index (χ0) is 20.5. The Bertz CT molecular complexity index is 984. The van der Waals surface area contributed by atoms with Gasteiger partial charge in [0.1, 0.15) is 11.6 Å². The Labute approximate surface area is 163 Å². The SMILES string of the molecule is CCN(CC)S(=O)(=O)c1ccc2c(c1)CCCN2C(=O)c1cc(F)cc(F)c1. The third-order valence-corrected chi connectivity index (χ3v) is 6.91. The average molecular weight is 408 g/mol. The summed E-state index contributed by atoms with van der Waals surface area (Å²) in [6.07, 6.45) is 1.25. The molecule has 0 spiro atoms. The molecule has 0 aromatic heterocycles. The van der Waals surface area contributed by atoms with E-state index in [1.54, 1.807) is 26.0 Å². The van der Waals surface area contributed by atoms with Crippen molar-refractivity contribution in [2.24, 2.45) is 0 Å². The van der Waals surface area contributed by atoms with E-state index >= 15 is 0 Å². The third-order valence-electron chi connectivity index (χ3n) is 4.87. The van der Waals surface area contributed by atoms with Gasteiger partial charge in [0.2, 0.25) is 10.0 Å². The molecule has 2 aromatic carbocycles. The van der Waals surface area contributed by atoms with Crippen LogP contribution in [-0.2, 0) is 16.4 Å². The second-order valence-corrected chi connectivity index (χ2v) is 8.54. The molecule has 28 heavy (non-hydrogen) atoms. The van der Waals surface area contributed by atoms with Gasteiger partial charge in [0.15, 0.2) is 0 Å². The van der Waals surface area contributed by atoms with Crippen LogP contribution in [0.5, 0.6) is 0 Å². The zero-order valence-electron chi connectivity index (χ0n) is 15.8. The summed E-state index contributed by atoms with van der Waals surface area (Å²) >= 11 is 0. The molecule has 8 heteroatoms.